The molecular formula is C27H17N3O5S. The highest BCUT2D eigenvalue weighted by atomic mass is 32.1. The van der Waals surface area contributed by atoms with Crippen molar-refractivity contribution >= 4 is 57.4 Å². The van der Waals surface area contributed by atoms with Gasteiger partial charge in [-0.15, -0.1) is 0 Å². The molecule has 176 valence electrons. The summed E-state index contributed by atoms with van der Waals surface area (Å²) in [5.41, 5.74) is 0.0795. The number of carbonyl (C=O) groups is 2. The molecule has 1 aliphatic heterocycles. The molecule has 4 aromatic carbocycles. The number of para-hydroxylation sites is 1. The topological polar surface area (TPSA) is 102 Å². The molecule has 5 rings (SSSR count). The van der Waals surface area contributed by atoms with Gasteiger partial charge in [-0.25, -0.2) is 0 Å². The van der Waals surface area contributed by atoms with E-state index in [1.807, 2.05) is 30.3 Å². The third kappa shape index (κ3) is 4.30. The van der Waals surface area contributed by atoms with Crippen molar-refractivity contribution in [3.8, 4) is 11.5 Å². The molecule has 36 heavy (non-hydrogen) atoms. The molecule has 0 aliphatic carbocycles. The maximum atomic E-state index is 13.4. The summed E-state index contributed by atoms with van der Waals surface area (Å²) in [6.45, 7) is 0. The maximum Gasteiger partial charge on any atom is 0.284 e. The fourth-order valence-electron chi connectivity index (χ4n) is 3.93. The third-order valence-corrected chi connectivity index (χ3v) is 5.87. The van der Waals surface area contributed by atoms with Crippen LogP contribution in [0.1, 0.15) is 5.56 Å². The highest BCUT2D eigenvalue weighted by Crippen LogP contribution is 2.32. The fourth-order valence-corrected chi connectivity index (χ4v) is 4.21. The van der Waals surface area contributed by atoms with E-state index in [0.29, 0.717) is 28.0 Å². The second-order valence-corrected chi connectivity index (χ2v) is 8.24. The van der Waals surface area contributed by atoms with E-state index in [2.05, 4.69) is 5.32 Å². The van der Waals surface area contributed by atoms with Gasteiger partial charge in [0.15, 0.2) is 5.11 Å². The summed E-state index contributed by atoms with van der Waals surface area (Å²) in [5, 5.41) is 15.4. The van der Waals surface area contributed by atoms with Crippen LogP contribution >= 0.6 is 12.2 Å². The number of nitrogens with zero attached hydrogens (tertiary/aromatic N) is 2. The molecule has 1 N–H and O–H groups in total. The molecule has 0 radical (unpaired) electrons. The van der Waals surface area contributed by atoms with Crippen molar-refractivity contribution in [1.29, 1.82) is 0 Å². The van der Waals surface area contributed by atoms with E-state index >= 15 is 0 Å². The smallest absolute Gasteiger partial charge is 0.284 e. The van der Waals surface area contributed by atoms with Crippen LogP contribution in [0.15, 0.2) is 96.6 Å². The first kappa shape index (κ1) is 22.9. The molecule has 4 aromatic rings. The number of hydrogen-bond acceptors (Lipinski definition) is 6. The second-order valence-electron chi connectivity index (χ2n) is 7.85. The highest BCUT2D eigenvalue weighted by Gasteiger charge is 2.35. The Morgan fingerprint density at radius 2 is 1.53 bits per heavy atom. The number of ether oxygens (including phenoxy) is 1. The number of nitro benzene ring substituents is 1. The Bertz CT molecular complexity index is 1570. The number of rotatable bonds is 5. The lowest BCUT2D eigenvalue weighted by atomic mass is 10.0. The lowest BCUT2D eigenvalue weighted by Gasteiger charge is -2.29. The second kappa shape index (κ2) is 9.40. The average molecular weight is 496 g/mol. The van der Waals surface area contributed by atoms with Gasteiger partial charge < -0.3 is 4.74 Å². The summed E-state index contributed by atoms with van der Waals surface area (Å²) in [4.78, 5) is 38.6. The van der Waals surface area contributed by atoms with Crippen LogP contribution in [0, 0.1) is 10.1 Å². The SMILES string of the molecule is O=C1NC(=S)N(c2ccc(Oc3ccccc3)cc2)C(=O)/C1=C/c1ccc2ccccc2c1[N+](=O)[O-]. The van der Waals surface area contributed by atoms with Gasteiger partial charge in [-0.1, -0.05) is 42.5 Å². The predicted octanol–water partition coefficient (Wildman–Crippen LogP) is 5.37. The summed E-state index contributed by atoms with van der Waals surface area (Å²) in [7, 11) is 0. The minimum atomic E-state index is -0.729. The van der Waals surface area contributed by atoms with Gasteiger partial charge in [0.2, 0.25) is 0 Å². The summed E-state index contributed by atoms with van der Waals surface area (Å²) < 4.78 is 5.78. The Morgan fingerprint density at radius 3 is 2.25 bits per heavy atom. The monoisotopic (exact) mass is 495 g/mol. The van der Waals surface area contributed by atoms with E-state index in [1.54, 1.807) is 54.6 Å². The Labute approximate surface area is 210 Å². The first-order valence-corrected chi connectivity index (χ1v) is 11.2. The van der Waals surface area contributed by atoms with Crippen molar-refractivity contribution in [3.63, 3.8) is 0 Å². The molecule has 1 saturated heterocycles. The van der Waals surface area contributed by atoms with E-state index in [4.69, 9.17) is 17.0 Å². The quantitative estimate of drug-likeness (QED) is 0.131. The van der Waals surface area contributed by atoms with Crippen molar-refractivity contribution in [2.24, 2.45) is 0 Å². The number of hydrogen-bond donors (Lipinski definition) is 1. The number of fused-ring (bicyclic) bond motifs is 1. The Hall–Kier alpha value is -4.89. The van der Waals surface area contributed by atoms with Gasteiger partial charge in [0, 0.05) is 0 Å². The molecule has 0 aromatic heterocycles. The maximum absolute atomic E-state index is 13.4. The molecule has 9 heteroatoms. The lowest BCUT2D eigenvalue weighted by molar-refractivity contribution is -0.383. The van der Waals surface area contributed by atoms with Gasteiger partial charge in [0.25, 0.3) is 17.5 Å². The van der Waals surface area contributed by atoms with Crippen LogP contribution < -0.4 is 15.0 Å². The average Bonchev–Trinajstić information content (AvgIpc) is 2.87. The zero-order valence-electron chi connectivity index (χ0n) is 18.6. The van der Waals surface area contributed by atoms with Crippen LogP contribution in [-0.2, 0) is 9.59 Å². The van der Waals surface area contributed by atoms with Crippen LogP contribution in [0.3, 0.4) is 0 Å². The van der Waals surface area contributed by atoms with E-state index in [0.717, 1.165) is 0 Å². The number of carbonyl (C=O) groups excluding carboxylic acids is 2. The van der Waals surface area contributed by atoms with Crippen LogP contribution in [0.4, 0.5) is 11.4 Å². The van der Waals surface area contributed by atoms with Crippen LogP contribution in [0.2, 0.25) is 0 Å². The molecule has 2 amide bonds. The van der Waals surface area contributed by atoms with E-state index in [9.17, 15) is 19.7 Å². The summed E-state index contributed by atoms with van der Waals surface area (Å²) >= 11 is 5.26. The van der Waals surface area contributed by atoms with E-state index in [1.165, 1.54) is 17.0 Å². The van der Waals surface area contributed by atoms with Gasteiger partial charge in [-0.2, -0.15) is 0 Å². The largest absolute Gasteiger partial charge is 0.457 e. The van der Waals surface area contributed by atoms with Crippen LogP contribution in [0.25, 0.3) is 16.8 Å². The summed E-state index contributed by atoms with van der Waals surface area (Å²) in [6.07, 6.45) is 1.23. The van der Waals surface area contributed by atoms with Crippen molar-refractivity contribution in [3.05, 3.63) is 112 Å². The van der Waals surface area contributed by atoms with Gasteiger partial charge in [-0.3, -0.25) is 29.9 Å². The molecule has 1 fully saturated rings. The van der Waals surface area contributed by atoms with Gasteiger partial charge in [0.1, 0.15) is 17.1 Å². The number of benzene rings is 4. The molecule has 0 spiro atoms. The van der Waals surface area contributed by atoms with Gasteiger partial charge in [-0.05, 0) is 72.2 Å². The standard InChI is InChI=1S/C27H17N3O5S/c31-25-23(16-18-11-10-17-6-4-5-9-22(17)24(18)30(33)34)26(32)29(27(36)28-25)19-12-14-21(15-13-19)35-20-7-2-1-3-8-20/h1-16H,(H,28,31,36)/b23-16+. The molecule has 1 heterocycles. The number of nitro groups is 1. The Kier molecular flexibility index (Phi) is 5.97. The zero-order chi connectivity index (χ0) is 25.2. The fraction of sp³-hybridized carbons (Fsp3) is 0. The third-order valence-electron chi connectivity index (χ3n) is 5.59. The molecule has 0 bridgehead atoms. The first-order valence-electron chi connectivity index (χ1n) is 10.8. The molecule has 8 nitrogen and oxygen atoms in total. The highest BCUT2D eigenvalue weighted by molar-refractivity contribution is 7.80. The first-order chi connectivity index (χ1) is 17.4. The zero-order valence-corrected chi connectivity index (χ0v) is 19.4. The minimum absolute atomic E-state index is 0.0908. The van der Waals surface area contributed by atoms with Crippen LogP contribution in [0.5, 0.6) is 11.5 Å². The molecule has 1 aliphatic rings. The lowest BCUT2D eigenvalue weighted by Crippen LogP contribution is -2.54. The number of amides is 2. The molecule has 0 saturated carbocycles. The number of thiocarbonyl (C=S) groups is 1. The number of anilines is 1. The van der Waals surface area contributed by atoms with E-state index in [-0.39, 0.29) is 21.9 Å². The molecule has 0 atom stereocenters. The Morgan fingerprint density at radius 1 is 0.861 bits per heavy atom. The predicted molar refractivity (Wildman–Crippen MR) is 140 cm³/mol. The summed E-state index contributed by atoms with van der Waals surface area (Å²) in [6, 6.07) is 25.9. The normalized spacial score (nSPS) is 14.7. The van der Waals surface area contributed by atoms with Gasteiger partial charge >= 0.3 is 0 Å². The minimum Gasteiger partial charge on any atom is -0.457 e. The van der Waals surface area contributed by atoms with Crippen molar-refractivity contribution in [2.45, 2.75) is 0 Å². The molecule has 0 unspecified atom stereocenters. The van der Waals surface area contributed by atoms with E-state index < -0.39 is 16.7 Å². The van der Waals surface area contributed by atoms with Crippen molar-refractivity contribution < 1.29 is 19.2 Å². The summed E-state index contributed by atoms with van der Waals surface area (Å²) in [5.74, 6) is -0.216. The van der Waals surface area contributed by atoms with Crippen LogP contribution in [-0.4, -0.2) is 21.9 Å². The van der Waals surface area contributed by atoms with Crippen molar-refractivity contribution in [2.75, 3.05) is 4.90 Å². The molecular weight excluding hydrogens is 478 g/mol. The van der Waals surface area contributed by atoms with Crippen molar-refractivity contribution in [1.82, 2.24) is 5.32 Å². The Balaban J connectivity index is 1.50. The number of nitrogens with one attached hydrogen (secondary N) is 1. The van der Waals surface area contributed by atoms with Gasteiger partial charge in [0.05, 0.1) is 21.6 Å².